The van der Waals surface area contributed by atoms with E-state index in [1.807, 2.05) is 13.2 Å². The van der Waals surface area contributed by atoms with Gasteiger partial charge >= 0.3 is 0 Å². The van der Waals surface area contributed by atoms with Crippen molar-refractivity contribution in [3.05, 3.63) is 40.7 Å². The van der Waals surface area contributed by atoms with Crippen LogP contribution in [0.4, 0.5) is 10.1 Å². The zero-order valence-electron chi connectivity index (χ0n) is 10.6. The summed E-state index contributed by atoms with van der Waals surface area (Å²) in [6, 6.07) is 5.86. The Balaban J connectivity index is 2.03. The van der Waals surface area contributed by atoms with Gasteiger partial charge in [-0.3, -0.25) is 4.79 Å². The molecule has 2 rings (SSSR count). The summed E-state index contributed by atoms with van der Waals surface area (Å²) < 4.78 is 13.9. The summed E-state index contributed by atoms with van der Waals surface area (Å²) >= 11 is 3.08. The first-order valence-electron chi connectivity index (χ1n) is 5.64. The Kier molecular flexibility index (Phi) is 4.55. The van der Waals surface area contributed by atoms with Crippen LogP contribution in [0.1, 0.15) is 10.6 Å². The Hall–Kier alpha value is -1.40. The quantitative estimate of drug-likeness (QED) is 0.878. The second kappa shape index (κ2) is 6.16. The molecule has 0 saturated carbocycles. The number of nitrogens with one attached hydrogen (secondary N) is 1. The minimum Gasteiger partial charge on any atom is -0.326 e. The summed E-state index contributed by atoms with van der Waals surface area (Å²) in [5.41, 5.74) is 1.35. The molecule has 0 aliphatic heterocycles. The van der Waals surface area contributed by atoms with E-state index in [4.69, 9.17) is 0 Å². The average molecular weight is 296 g/mol. The van der Waals surface area contributed by atoms with Crippen LogP contribution in [0, 0.1) is 12.7 Å². The summed E-state index contributed by atoms with van der Waals surface area (Å²) in [6.07, 6.45) is 2.22. The van der Waals surface area contributed by atoms with Gasteiger partial charge in [0.25, 0.3) is 0 Å². The Labute approximate surface area is 119 Å². The van der Waals surface area contributed by atoms with E-state index < -0.39 is 0 Å². The summed E-state index contributed by atoms with van der Waals surface area (Å²) in [5, 5.41) is 2.68. The molecule has 0 aliphatic carbocycles. The van der Waals surface area contributed by atoms with E-state index >= 15 is 0 Å². The lowest BCUT2D eigenvalue weighted by Gasteiger charge is -2.04. The number of anilines is 1. The molecule has 0 fully saturated rings. The van der Waals surface area contributed by atoms with Crippen molar-refractivity contribution in [1.82, 2.24) is 4.98 Å². The number of thioether (sulfide) groups is 1. The average Bonchev–Trinajstić information content (AvgIpc) is 2.70. The molecule has 0 unspecified atom stereocenters. The van der Waals surface area contributed by atoms with Crippen molar-refractivity contribution < 1.29 is 9.18 Å². The number of halogens is 1. The van der Waals surface area contributed by atoms with Crippen LogP contribution in [0.5, 0.6) is 0 Å². The first kappa shape index (κ1) is 14.0. The van der Waals surface area contributed by atoms with Gasteiger partial charge in [0.05, 0.1) is 12.1 Å². The Morgan fingerprint density at radius 2 is 2.32 bits per heavy atom. The number of aromatic nitrogens is 1. The molecule has 100 valence electrons. The molecule has 3 nitrogen and oxygen atoms in total. The summed E-state index contributed by atoms with van der Waals surface area (Å²) in [4.78, 5) is 17.2. The van der Waals surface area contributed by atoms with Crippen molar-refractivity contribution in [2.24, 2.45) is 0 Å². The van der Waals surface area contributed by atoms with Crippen LogP contribution >= 0.6 is 23.1 Å². The van der Waals surface area contributed by atoms with Crippen molar-refractivity contribution in [3.63, 3.8) is 0 Å². The number of nitrogens with zero attached hydrogens (tertiary/aromatic N) is 1. The third-order valence-electron chi connectivity index (χ3n) is 2.48. The maximum absolute atomic E-state index is 13.0. The molecule has 0 saturated heterocycles. The molecule has 0 bridgehead atoms. The van der Waals surface area contributed by atoms with E-state index in [9.17, 15) is 9.18 Å². The second-order valence-electron chi connectivity index (χ2n) is 3.93. The molecule has 2 aromatic rings. The van der Waals surface area contributed by atoms with Crippen LogP contribution in [-0.2, 0) is 11.2 Å². The molecule has 1 N–H and O–H groups in total. The van der Waals surface area contributed by atoms with E-state index in [1.54, 1.807) is 23.9 Å². The van der Waals surface area contributed by atoms with Gasteiger partial charge in [-0.05, 0) is 31.4 Å². The predicted octanol–water partition coefficient (Wildman–Crippen LogP) is 3.49. The molecule has 1 heterocycles. The zero-order valence-corrected chi connectivity index (χ0v) is 12.2. The monoisotopic (exact) mass is 296 g/mol. The zero-order chi connectivity index (χ0) is 13.8. The number of aryl methyl sites for hydroxylation is 1. The molecular weight excluding hydrogens is 283 g/mol. The largest absolute Gasteiger partial charge is 0.326 e. The fraction of sp³-hybridized carbons (Fsp3) is 0.231. The molecule has 0 radical (unpaired) electrons. The molecule has 0 spiro atoms. The number of benzene rings is 1. The number of amides is 1. The third-order valence-corrected chi connectivity index (χ3v) is 4.62. The number of hydrogen-bond acceptors (Lipinski definition) is 4. The van der Waals surface area contributed by atoms with E-state index in [2.05, 4.69) is 10.3 Å². The molecule has 0 atom stereocenters. The Morgan fingerprint density at radius 3 is 2.95 bits per heavy atom. The van der Waals surface area contributed by atoms with Gasteiger partial charge in [-0.25, -0.2) is 9.37 Å². The van der Waals surface area contributed by atoms with Gasteiger partial charge in [-0.2, -0.15) is 0 Å². The lowest BCUT2D eigenvalue weighted by atomic mass is 10.2. The van der Waals surface area contributed by atoms with Crippen molar-refractivity contribution in [2.45, 2.75) is 17.7 Å². The van der Waals surface area contributed by atoms with Crippen molar-refractivity contribution in [1.29, 1.82) is 0 Å². The van der Waals surface area contributed by atoms with E-state index in [-0.39, 0.29) is 18.1 Å². The van der Waals surface area contributed by atoms with Crippen molar-refractivity contribution in [2.75, 3.05) is 11.6 Å². The van der Waals surface area contributed by atoms with Crippen molar-refractivity contribution >= 4 is 34.7 Å². The Bertz CT molecular complexity index is 598. The van der Waals surface area contributed by atoms with Crippen LogP contribution < -0.4 is 5.32 Å². The van der Waals surface area contributed by atoms with E-state index in [1.165, 1.54) is 23.5 Å². The van der Waals surface area contributed by atoms with E-state index in [0.717, 1.165) is 14.9 Å². The maximum atomic E-state index is 13.0. The fourth-order valence-electron chi connectivity index (χ4n) is 1.57. The van der Waals surface area contributed by atoms with Gasteiger partial charge in [-0.15, -0.1) is 11.3 Å². The second-order valence-corrected chi connectivity index (χ2v) is 6.06. The number of carbonyl (C=O) groups is 1. The Morgan fingerprint density at radius 1 is 1.53 bits per heavy atom. The molecule has 0 aliphatic rings. The summed E-state index contributed by atoms with van der Waals surface area (Å²) in [5.74, 6) is -0.526. The minimum absolute atomic E-state index is 0.162. The molecule has 1 aromatic heterocycles. The highest BCUT2D eigenvalue weighted by Crippen LogP contribution is 2.25. The molecule has 1 amide bonds. The van der Waals surface area contributed by atoms with Crippen LogP contribution in [0.2, 0.25) is 0 Å². The third kappa shape index (κ3) is 3.78. The lowest BCUT2D eigenvalue weighted by molar-refractivity contribution is -0.115. The molecule has 1 aromatic carbocycles. The number of thiazole rings is 1. The summed E-state index contributed by atoms with van der Waals surface area (Å²) in [7, 11) is 0. The molecule has 19 heavy (non-hydrogen) atoms. The van der Waals surface area contributed by atoms with Gasteiger partial charge in [0.15, 0.2) is 0 Å². The highest BCUT2D eigenvalue weighted by Gasteiger charge is 2.11. The summed E-state index contributed by atoms with van der Waals surface area (Å²) in [6.45, 7) is 1.89. The minimum atomic E-state index is -0.364. The number of hydrogen-bond donors (Lipinski definition) is 1. The van der Waals surface area contributed by atoms with Gasteiger partial charge in [0.2, 0.25) is 5.91 Å². The van der Waals surface area contributed by atoms with Crippen LogP contribution in [0.15, 0.2) is 28.6 Å². The molecule has 6 heteroatoms. The van der Waals surface area contributed by atoms with Crippen LogP contribution in [0.25, 0.3) is 0 Å². The predicted molar refractivity (Wildman–Crippen MR) is 77.4 cm³/mol. The standard InChI is InChI=1S/C13H13FN2OS2/c1-8-11(19-13(15-8)18-2)7-12(17)16-10-5-3-4-9(14)6-10/h3-6H,7H2,1-2H3,(H,16,17). The van der Waals surface area contributed by atoms with Crippen molar-refractivity contribution in [3.8, 4) is 0 Å². The van der Waals surface area contributed by atoms with Crippen LogP contribution in [-0.4, -0.2) is 17.1 Å². The number of carbonyl (C=O) groups excluding carboxylic acids is 1. The first-order valence-corrected chi connectivity index (χ1v) is 7.68. The highest BCUT2D eigenvalue weighted by molar-refractivity contribution is 8.00. The van der Waals surface area contributed by atoms with Crippen LogP contribution in [0.3, 0.4) is 0 Å². The fourth-order valence-corrected chi connectivity index (χ4v) is 3.22. The smallest absolute Gasteiger partial charge is 0.229 e. The lowest BCUT2D eigenvalue weighted by Crippen LogP contribution is -2.14. The normalized spacial score (nSPS) is 10.5. The maximum Gasteiger partial charge on any atom is 0.229 e. The van der Waals surface area contributed by atoms with Gasteiger partial charge in [0.1, 0.15) is 10.2 Å². The van der Waals surface area contributed by atoms with Gasteiger partial charge < -0.3 is 5.32 Å². The van der Waals surface area contributed by atoms with Gasteiger partial charge in [0, 0.05) is 10.6 Å². The van der Waals surface area contributed by atoms with E-state index in [0.29, 0.717) is 5.69 Å². The highest BCUT2D eigenvalue weighted by atomic mass is 32.2. The topological polar surface area (TPSA) is 42.0 Å². The first-order chi connectivity index (χ1) is 9.08. The number of rotatable bonds is 4. The SMILES string of the molecule is CSc1nc(C)c(CC(=O)Nc2cccc(F)c2)s1. The van der Waals surface area contributed by atoms with Gasteiger partial charge in [-0.1, -0.05) is 17.8 Å². The molecular formula is C13H13FN2OS2.